The minimum atomic E-state index is 0.830. The van der Waals surface area contributed by atoms with Crippen molar-refractivity contribution in [3.8, 4) is 5.75 Å². The number of piperidine rings is 1. The van der Waals surface area contributed by atoms with Gasteiger partial charge in [0.25, 0.3) is 0 Å². The standard InChI is InChI=1S/C17H25N5O/c1-3-16(4-2-15(1)22-12-19-20-21-22)23-10-7-14-11-17(14)13-5-8-18-9-6-13/h1-4,12-14,17-18,20-21H,5-11H2/t14-,17-/m1/s1. The zero-order valence-electron chi connectivity index (χ0n) is 13.4. The van der Waals surface area contributed by atoms with Crippen LogP contribution < -0.4 is 26.1 Å². The van der Waals surface area contributed by atoms with Gasteiger partial charge < -0.3 is 10.1 Å². The Morgan fingerprint density at radius 3 is 2.74 bits per heavy atom. The lowest BCUT2D eigenvalue weighted by atomic mass is 9.91. The number of hydrazone groups is 1. The number of ether oxygens (including phenoxy) is 1. The molecular weight excluding hydrogens is 290 g/mol. The van der Waals surface area contributed by atoms with Crippen molar-refractivity contribution in [3.63, 3.8) is 0 Å². The molecule has 1 aliphatic carbocycles. The maximum Gasteiger partial charge on any atom is 0.133 e. The van der Waals surface area contributed by atoms with Gasteiger partial charge in [-0.05, 0) is 80.8 Å². The maximum absolute atomic E-state index is 5.91. The van der Waals surface area contributed by atoms with E-state index in [1.807, 2.05) is 29.3 Å². The smallest absolute Gasteiger partial charge is 0.133 e. The van der Waals surface area contributed by atoms with Crippen LogP contribution in [0.15, 0.2) is 29.4 Å². The largest absolute Gasteiger partial charge is 0.494 e. The van der Waals surface area contributed by atoms with Crippen LogP contribution >= 0.6 is 0 Å². The summed E-state index contributed by atoms with van der Waals surface area (Å²) in [6.45, 7) is 3.25. The molecule has 2 atom stereocenters. The lowest BCUT2D eigenvalue weighted by molar-refractivity contribution is 0.279. The van der Waals surface area contributed by atoms with Crippen LogP contribution in [0.3, 0.4) is 0 Å². The fraction of sp³-hybridized carbons (Fsp3) is 0.588. The molecule has 0 radical (unpaired) electrons. The Bertz CT molecular complexity index is 540. The molecule has 0 spiro atoms. The summed E-state index contributed by atoms with van der Waals surface area (Å²) in [6.07, 6.45) is 7.04. The summed E-state index contributed by atoms with van der Waals surface area (Å²) in [7, 11) is 0. The summed E-state index contributed by atoms with van der Waals surface area (Å²) in [5.74, 6) is 3.77. The van der Waals surface area contributed by atoms with Crippen molar-refractivity contribution in [1.29, 1.82) is 0 Å². The van der Waals surface area contributed by atoms with Gasteiger partial charge in [0.2, 0.25) is 0 Å². The van der Waals surface area contributed by atoms with E-state index in [0.29, 0.717) is 0 Å². The van der Waals surface area contributed by atoms with Gasteiger partial charge in [0.05, 0.1) is 12.3 Å². The summed E-state index contributed by atoms with van der Waals surface area (Å²) in [5.41, 5.74) is 6.62. The molecule has 6 nitrogen and oxygen atoms in total. The van der Waals surface area contributed by atoms with Crippen molar-refractivity contribution >= 4 is 12.0 Å². The minimum Gasteiger partial charge on any atom is -0.494 e. The lowest BCUT2D eigenvalue weighted by Gasteiger charge is -2.22. The van der Waals surface area contributed by atoms with Gasteiger partial charge >= 0.3 is 0 Å². The van der Waals surface area contributed by atoms with Crippen LogP contribution in [0.1, 0.15) is 25.7 Å². The van der Waals surface area contributed by atoms with E-state index in [2.05, 4.69) is 21.5 Å². The summed E-state index contributed by atoms with van der Waals surface area (Å²) >= 11 is 0. The normalized spacial score (nSPS) is 27.0. The molecule has 0 bridgehead atoms. The number of benzene rings is 1. The highest BCUT2D eigenvalue weighted by atomic mass is 16.5. The number of rotatable bonds is 6. The minimum absolute atomic E-state index is 0.830. The molecule has 2 heterocycles. The van der Waals surface area contributed by atoms with Gasteiger partial charge in [0, 0.05) is 0 Å². The highest BCUT2D eigenvalue weighted by molar-refractivity contribution is 5.78. The van der Waals surface area contributed by atoms with Crippen LogP contribution in [-0.4, -0.2) is 26.0 Å². The molecule has 0 unspecified atom stereocenters. The first kappa shape index (κ1) is 14.8. The number of anilines is 1. The Kier molecular flexibility index (Phi) is 4.35. The second kappa shape index (κ2) is 6.76. The van der Waals surface area contributed by atoms with Crippen LogP contribution in [0, 0.1) is 17.8 Å². The van der Waals surface area contributed by atoms with Crippen molar-refractivity contribution in [3.05, 3.63) is 24.3 Å². The van der Waals surface area contributed by atoms with E-state index < -0.39 is 0 Å². The van der Waals surface area contributed by atoms with E-state index in [1.54, 1.807) is 6.34 Å². The van der Waals surface area contributed by atoms with Gasteiger partial charge in [-0.25, -0.2) is 10.5 Å². The Morgan fingerprint density at radius 2 is 2.00 bits per heavy atom. The average Bonchev–Trinajstić information content (AvgIpc) is 3.17. The van der Waals surface area contributed by atoms with E-state index in [-0.39, 0.29) is 0 Å². The molecular formula is C17H25N5O. The first-order valence-electron chi connectivity index (χ1n) is 8.67. The van der Waals surface area contributed by atoms with E-state index >= 15 is 0 Å². The number of nitrogens with zero attached hydrogens (tertiary/aromatic N) is 2. The molecule has 6 heteroatoms. The molecule has 23 heavy (non-hydrogen) atoms. The Morgan fingerprint density at radius 1 is 1.17 bits per heavy atom. The molecule has 0 aromatic heterocycles. The third-order valence-electron chi connectivity index (χ3n) is 5.25. The Balaban J connectivity index is 1.19. The molecule has 2 fully saturated rings. The van der Waals surface area contributed by atoms with Gasteiger partial charge in [0.1, 0.15) is 12.1 Å². The van der Waals surface area contributed by atoms with Crippen LogP contribution in [0.25, 0.3) is 0 Å². The fourth-order valence-corrected chi connectivity index (χ4v) is 3.81. The van der Waals surface area contributed by atoms with Crippen LogP contribution in [0.4, 0.5) is 5.69 Å². The van der Waals surface area contributed by atoms with Gasteiger partial charge in [0.15, 0.2) is 0 Å². The van der Waals surface area contributed by atoms with E-state index in [1.165, 1.54) is 38.8 Å². The molecule has 124 valence electrons. The summed E-state index contributed by atoms with van der Waals surface area (Å²) < 4.78 is 5.91. The predicted octanol–water partition coefficient (Wildman–Crippen LogP) is 1.86. The van der Waals surface area contributed by atoms with Crippen molar-refractivity contribution < 1.29 is 4.74 Å². The van der Waals surface area contributed by atoms with E-state index in [9.17, 15) is 0 Å². The molecule has 3 aliphatic rings. The van der Waals surface area contributed by atoms with E-state index in [0.717, 1.165) is 35.8 Å². The first-order chi connectivity index (χ1) is 11.4. The highest BCUT2D eigenvalue weighted by Gasteiger charge is 2.42. The van der Waals surface area contributed by atoms with Crippen molar-refractivity contribution in [1.82, 2.24) is 16.4 Å². The molecule has 1 aromatic rings. The highest BCUT2D eigenvalue weighted by Crippen LogP contribution is 2.49. The third-order valence-corrected chi connectivity index (χ3v) is 5.25. The van der Waals surface area contributed by atoms with Gasteiger partial charge in [-0.3, -0.25) is 0 Å². The molecule has 1 saturated carbocycles. The third kappa shape index (κ3) is 3.59. The SMILES string of the molecule is C1=NNNN1c1ccc(OCC[C@@H]2C[C@@H]2C2CCNCC2)cc1. The van der Waals surface area contributed by atoms with Crippen LogP contribution in [0.2, 0.25) is 0 Å². The zero-order chi connectivity index (χ0) is 15.5. The van der Waals surface area contributed by atoms with E-state index in [4.69, 9.17) is 4.74 Å². The Hall–Kier alpha value is -1.79. The average molecular weight is 315 g/mol. The topological polar surface area (TPSA) is 60.9 Å². The van der Waals surface area contributed by atoms with Crippen molar-refractivity contribution in [2.75, 3.05) is 24.7 Å². The van der Waals surface area contributed by atoms with Crippen LogP contribution in [0.5, 0.6) is 5.75 Å². The van der Waals surface area contributed by atoms with Crippen molar-refractivity contribution in [2.45, 2.75) is 25.7 Å². The van der Waals surface area contributed by atoms with Gasteiger partial charge in [-0.1, -0.05) is 0 Å². The number of hydrogen-bond donors (Lipinski definition) is 3. The van der Waals surface area contributed by atoms with Crippen molar-refractivity contribution in [2.24, 2.45) is 22.9 Å². The lowest BCUT2D eigenvalue weighted by Crippen LogP contribution is -2.37. The van der Waals surface area contributed by atoms with Crippen LogP contribution in [-0.2, 0) is 0 Å². The molecule has 3 N–H and O–H groups in total. The molecule has 1 aromatic carbocycles. The zero-order valence-corrected chi connectivity index (χ0v) is 13.4. The molecule has 4 rings (SSSR count). The maximum atomic E-state index is 5.91. The predicted molar refractivity (Wildman–Crippen MR) is 91.0 cm³/mol. The summed E-state index contributed by atoms with van der Waals surface area (Å²) in [4.78, 5) is 0. The summed E-state index contributed by atoms with van der Waals surface area (Å²) in [6, 6.07) is 8.08. The number of hydrazine groups is 2. The molecule has 0 amide bonds. The molecule has 1 saturated heterocycles. The van der Waals surface area contributed by atoms with Gasteiger partial charge in [-0.2, -0.15) is 5.10 Å². The second-order valence-corrected chi connectivity index (χ2v) is 6.72. The Labute approximate surface area is 137 Å². The number of hydrogen-bond acceptors (Lipinski definition) is 6. The molecule has 2 aliphatic heterocycles. The fourth-order valence-electron chi connectivity index (χ4n) is 3.81. The number of nitrogens with one attached hydrogen (secondary N) is 3. The first-order valence-corrected chi connectivity index (χ1v) is 8.67. The monoisotopic (exact) mass is 315 g/mol. The quantitative estimate of drug-likeness (QED) is 0.748. The summed E-state index contributed by atoms with van der Waals surface area (Å²) in [5, 5.41) is 9.16. The van der Waals surface area contributed by atoms with Gasteiger partial charge in [-0.15, -0.1) is 5.53 Å². The second-order valence-electron chi connectivity index (χ2n) is 6.72.